The number of aryl methyl sites for hydroxylation is 2. The van der Waals surface area contributed by atoms with Gasteiger partial charge in [0.15, 0.2) is 5.78 Å². The zero-order valence-corrected chi connectivity index (χ0v) is 20.9. The number of carbonyl (C=O) groups is 1. The molecule has 2 N–H and O–H groups in total. The molecule has 39 heavy (non-hydrogen) atoms. The molecular formula is C31H25N3O5. The van der Waals surface area contributed by atoms with Gasteiger partial charge in [0, 0.05) is 35.0 Å². The third-order valence-electron chi connectivity index (χ3n) is 6.23. The number of nitrogens with zero attached hydrogens (tertiary/aromatic N) is 2. The van der Waals surface area contributed by atoms with Crippen molar-refractivity contribution in [1.29, 1.82) is 0 Å². The molecule has 0 spiro atoms. The summed E-state index contributed by atoms with van der Waals surface area (Å²) in [5.74, 6) is 0.0752. The summed E-state index contributed by atoms with van der Waals surface area (Å²) in [6.45, 7) is 0. The fraction of sp³-hybridized carbons (Fsp3) is 0.0645. The summed E-state index contributed by atoms with van der Waals surface area (Å²) in [6, 6.07) is 33.6. The minimum Gasteiger partial charge on any atom is -0.399 e. The van der Waals surface area contributed by atoms with Crippen LogP contribution < -0.4 is 5.73 Å². The van der Waals surface area contributed by atoms with E-state index >= 15 is 0 Å². The van der Waals surface area contributed by atoms with Crippen LogP contribution in [0.3, 0.4) is 0 Å². The number of benzene rings is 5. The van der Waals surface area contributed by atoms with E-state index < -0.39 is 4.92 Å². The van der Waals surface area contributed by atoms with Crippen molar-refractivity contribution < 1.29 is 14.6 Å². The second-order valence-electron chi connectivity index (χ2n) is 8.75. The van der Waals surface area contributed by atoms with E-state index in [2.05, 4.69) is 6.07 Å². The van der Waals surface area contributed by atoms with Gasteiger partial charge in [-0.1, -0.05) is 78.9 Å². The largest absolute Gasteiger partial charge is 0.399 e. The minimum absolute atomic E-state index is 0.0641. The average molecular weight is 520 g/mol. The molecular weight excluding hydrogens is 494 g/mol. The molecule has 5 aromatic carbocycles. The molecule has 0 amide bonds. The number of rotatable bonds is 4. The Labute approximate surface area is 224 Å². The fourth-order valence-corrected chi connectivity index (χ4v) is 4.33. The van der Waals surface area contributed by atoms with Gasteiger partial charge in [-0.15, -0.1) is 0 Å². The second kappa shape index (κ2) is 12.2. The third kappa shape index (κ3) is 6.50. The Morgan fingerprint density at radius 1 is 0.615 bits per heavy atom. The Bertz CT molecular complexity index is 1570. The van der Waals surface area contributed by atoms with E-state index in [0.717, 1.165) is 34.7 Å². The van der Waals surface area contributed by atoms with Crippen molar-refractivity contribution in [2.45, 2.75) is 12.8 Å². The molecule has 8 heteroatoms. The maximum Gasteiger partial charge on any atom is 0.277 e. The molecule has 0 aliphatic heterocycles. The molecule has 0 saturated heterocycles. The van der Waals surface area contributed by atoms with Crippen LogP contribution in [0.4, 0.5) is 17.1 Å². The molecule has 0 radical (unpaired) electrons. The van der Waals surface area contributed by atoms with Gasteiger partial charge in [0.1, 0.15) is 0 Å². The maximum absolute atomic E-state index is 11.8. The van der Waals surface area contributed by atoms with Crippen LogP contribution in [-0.4, -0.2) is 15.6 Å². The van der Waals surface area contributed by atoms with Crippen molar-refractivity contribution >= 4 is 33.6 Å². The molecule has 0 atom stereocenters. The zero-order chi connectivity index (χ0) is 27.8. The van der Waals surface area contributed by atoms with Gasteiger partial charge in [0.2, 0.25) is 0 Å². The van der Waals surface area contributed by atoms with E-state index in [9.17, 15) is 25.0 Å². The first kappa shape index (κ1) is 26.7. The number of nitrogen functional groups attached to an aromatic ring is 1. The van der Waals surface area contributed by atoms with Crippen molar-refractivity contribution in [1.82, 2.24) is 0 Å². The Morgan fingerprint density at radius 3 is 1.67 bits per heavy atom. The van der Waals surface area contributed by atoms with Gasteiger partial charge in [-0.3, -0.25) is 25.0 Å². The van der Waals surface area contributed by atoms with Crippen LogP contribution in [0, 0.1) is 20.2 Å². The van der Waals surface area contributed by atoms with Gasteiger partial charge in [-0.2, -0.15) is 0 Å². The van der Waals surface area contributed by atoms with Crippen molar-refractivity contribution in [2.75, 3.05) is 5.73 Å². The van der Waals surface area contributed by atoms with E-state index in [0.29, 0.717) is 5.69 Å². The van der Waals surface area contributed by atoms with Crippen LogP contribution in [0.15, 0.2) is 115 Å². The highest BCUT2D eigenvalue weighted by Gasteiger charge is 2.20. The molecule has 0 saturated carbocycles. The van der Waals surface area contributed by atoms with Crippen molar-refractivity contribution in [3.63, 3.8) is 0 Å². The molecule has 1 aliphatic rings. The lowest BCUT2D eigenvalue weighted by Crippen LogP contribution is -1.99. The molecule has 8 nitrogen and oxygen atoms in total. The first-order valence-corrected chi connectivity index (χ1v) is 12.2. The van der Waals surface area contributed by atoms with Crippen LogP contribution in [0.1, 0.15) is 27.0 Å². The lowest BCUT2D eigenvalue weighted by Gasteiger charge is -2.01. The minimum atomic E-state index is -0.459. The van der Waals surface area contributed by atoms with E-state index in [1.54, 1.807) is 6.07 Å². The lowest BCUT2D eigenvalue weighted by molar-refractivity contribution is -0.384. The monoisotopic (exact) mass is 519 g/mol. The molecule has 0 heterocycles. The first-order valence-electron chi connectivity index (χ1n) is 12.2. The van der Waals surface area contributed by atoms with Gasteiger partial charge in [-0.05, 0) is 47.6 Å². The predicted molar refractivity (Wildman–Crippen MR) is 152 cm³/mol. The van der Waals surface area contributed by atoms with E-state index in [4.69, 9.17) is 5.73 Å². The summed E-state index contributed by atoms with van der Waals surface area (Å²) < 4.78 is 0. The molecule has 5 aromatic rings. The summed E-state index contributed by atoms with van der Waals surface area (Å²) in [5.41, 5.74) is 10.1. The van der Waals surface area contributed by atoms with Gasteiger partial charge in [-0.25, -0.2) is 0 Å². The van der Waals surface area contributed by atoms with Gasteiger partial charge in [0.25, 0.3) is 11.4 Å². The fourth-order valence-electron chi connectivity index (χ4n) is 4.33. The Morgan fingerprint density at radius 2 is 1.15 bits per heavy atom. The number of nitro benzene ring substituents is 2. The molecule has 0 bridgehead atoms. The molecule has 6 rings (SSSR count). The normalized spacial score (nSPS) is 11.0. The number of nitrogens with two attached hydrogens (primary N) is 1. The van der Waals surface area contributed by atoms with Crippen LogP contribution in [0.25, 0.3) is 10.8 Å². The SMILES string of the molecule is Nc1ccc([N+](=O)[O-])cc1.O=C(c1ccccc1)c1ccccc1.O=[N+]([O-])c1ccc2c3c(cccc13)CC2. The Balaban J connectivity index is 0.000000139. The van der Waals surface area contributed by atoms with Crippen LogP contribution in [0.5, 0.6) is 0 Å². The summed E-state index contributed by atoms with van der Waals surface area (Å²) in [4.78, 5) is 32.0. The number of nitro groups is 2. The van der Waals surface area contributed by atoms with E-state index in [1.165, 1.54) is 35.4 Å². The van der Waals surface area contributed by atoms with Crippen LogP contribution in [-0.2, 0) is 12.8 Å². The highest BCUT2D eigenvalue weighted by atomic mass is 16.6. The molecule has 194 valence electrons. The first-order chi connectivity index (χ1) is 18.8. The van der Waals surface area contributed by atoms with Gasteiger partial charge >= 0.3 is 0 Å². The van der Waals surface area contributed by atoms with E-state index in [-0.39, 0.29) is 22.1 Å². The number of non-ortho nitro benzene ring substituents is 2. The quantitative estimate of drug-likeness (QED) is 0.118. The molecule has 0 fully saturated rings. The maximum atomic E-state index is 11.8. The molecule has 1 aliphatic carbocycles. The summed E-state index contributed by atoms with van der Waals surface area (Å²) >= 11 is 0. The van der Waals surface area contributed by atoms with E-state index in [1.807, 2.05) is 78.9 Å². The number of ketones is 1. The van der Waals surface area contributed by atoms with Crippen molar-refractivity contribution in [3.05, 3.63) is 158 Å². The topological polar surface area (TPSA) is 129 Å². The van der Waals surface area contributed by atoms with Crippen molar-refractivity contribution in [2.24, 2.45) is 0 Å². The second-order valence-corrected chi connectivity index (χ2v) is 8.75. The number of hydrogen-bond acceptors (Lipinski definition) is 6. The number of carbonyl (C=O) groups excluding carboxylic acids is 1. The Kier molecular flexibility index (Phi) is 8.38. The predicted octanol–water partition coefficient (Wildman–Crippen LogP) is 6.94. The number of anilines is 1. The zero-order valence-electron chi connectivity index (χ0n) is 20.9. The summed E-state index contributed by atoms with van der Waals surface area (Å²) in [7, 11) is 0. The molecule has 0 unspecified atom stereocenters. The summed E-state index contributed by atoms with van der Waals surface area (Å²) in [5, 5.41) is 22.8. The number of hydrogen-bond donors (Lipinski definition) is 1. The standard InChI is InChI=1S/C13H10O.C12H9NO2.C6H6N2O2/c14-13(11-7-3-1-4-8-11)12-9-5-2-6-10-12;14-13(15)11-7-6-9-5-4-8-2-1-3-10(11)12(8)9;7-5-1-3-6(4-2-5)8(9)10/h1-10H;1-3,6-7H,4-5H2;1-4H,7H2. The van der Waals surface area contributed by atoms with Crippen LogP contribution in [0.2, 0.25) is 0 Å². The van der Waals surface area contributed by atoms with Crippen LogP contribution >= 0.6 is 0 Å². The molecule has 0 aromatic heterocycles. The Hall–Kier alpha value is -5.37. The average Bonchev–Trinajstić information content (AvgIpc) is 3.39. The third-order valence-corrected chi connectivity index (χ3v) is 6.23. The van der Waals surface area contributed by atoms with Crippen molar-refractivity contribution in [3.8, 4) is 0 Å². The van der Waals surface area contributed by atoms with Gasteiger partial charge in [0.05, 0.1) is 15.2 Å². The van der Waals surface area contributed by atoms with Gasteiger partial charge < -0.3 is 5.73 Å². The highest BCUT2D eigenvalue weighted by molar-refractivity contribution is 6.08. The smallest absolute Gasteiger partial charge is 0.277 e. The summed E-state index contributed by atoms with van der Waals surface area (Å²) in [6.07, 6.45) is 2.02. The lowest BCUT2D eigenvalue weighted by atomic mass is 10.0. The highest BCUT2D eigenvalue weighted by Crippen LogP contribution is 2.35.